The highest BCUT2D eigenvalue weighted by atomic mass is 16.5. The van der Waals surface area contributed by atoms with Crippen LogP contribution in [0.2, 0.25) is 0 Å². The SMILES string of the molecule is [C-]#[N+]C(C#N)C(C)(C(=O)OCC)c1nnc(C)o1. The monoisotopic (exact) mass is 248 g/mol. The van der Waals surface area contributed by atoms with Crippen LogP contribution in [0.4, 0.5) is 0 Å². The third kappa shape index (κ3) is 2.16. The number of aryl methyl sites for hydroxylation is 1. The molecule has 7 nitrogen and oxygen atoms in total. The Hall–Kier alpha value is -2.41. The van der Waals surface area contributed by atoms with Crippen LogP contribution in [0, 0.1) is 24.8 Å². The van der Waals surface area contributed by atoms with Gasteiger partial charge in [0.2, 0.25) is 17.2 Å². The van der Waals surface area contributed by atoms with Crippen molar-refractivity contribution in [3.8, 4) is 6.07 Å². The van der Waals surface area contributed by atoms with Gasteiger partial charge in [-0.3, -0.25) is 9.64 Å². The summed E-state index contributed by atoms with van der Waals surface area (Å²) in [5.74, 6) is -0.556. The molecule has 0 spiro atoms. The molecule has 1 rings (SSSR count). The summed E-state index contributed by atoms with van der Waals surface area (Å²) in [6, 6.07) is 0.476. The van der Waals surface area contributed by atoms with E-state index in [0.29, 0.717) is 0 Å². The van der Waals surface area contributed by atoms with Crippen molar-refractivity contribution in [2.75, 3.05) is 6.61 Å². The van der Waals surface area contributed by atoms with Gasteiger partial charge in [-0.2, -0.15) is 5.26 Å². The Balaban J connectivity index is 3.31. The highest BCUT2D eigenvalue weighted by molar-refractivity contribution is 5.83. The second kappa shape index (κ2) is 5.28. The first kappa shape index (κ1) is 13.7. The Morgan fingerprint density at radius 1 is 1.72 bits per heavy atom. The number of hydrogen-bond acceptors (Lipinski definition) is 6. The molecule has 1 aromatic heterocycles. The maximum atomic E-state index is 12.0. The van der Waals surface area contributed by atoms with Gasteiger partial charge < -0.3 is 9.15 Å². The fraction of sp³-hybridized carbons (Fsp3) is 0.545. The fourth-order valence-electron chi connectivity index (χ4n) is 1.39. The van der Waals surface area contributed by atoms with E-state index in [9.17, 15) is 4.79 Å². The summed E-state index contributed by atoms with van der Waals surface area (Å²) in [5.41, 5.74) is -1.58. The summed E-state index contributed by atoms with van der Waals surface area (Å²) in [5, 5.41) is 16.3. The second-order valence-corrected chi connectivity index (χ2v) is 3.71. The molecule has 0 N–H and O–H groups in total. The maximum Gasteiger partial charge on any atom is 0.331 e. The van der Waals surface area contributed by atoms with E-state index in [2.05, 4.69) is 15.0 Å². The predicted molar refractivity (Wildman–Crippen MR) is 59.0 cm³/mol. The van der Waals surface area contributed by atoms with Crippen LogP contribution in [-0.2, 0) is 14.9 Å². The van der Waals surface area contributed by atoms with Crippen LogP contribution in [0.5, 0.6) is 0 Å². The van der Waals surface area contributed by atoms with E-state index >= 15 is 0 Å². The van der Waals surface area contributed by atoms with Gasteiger partial charge in [0.05, 0.1) is 6.61 Å². The van der Waals surface area contributed by atoms with E-state index < -0.39 is 17.4 Å². The van der Waals surface area contributed by atoms with Gasteiger partial charge in [-0.25, -0.2) is 6.57 Å². The molecule has 0 fully saturated rings. The van der Waals surface area contributed by atoms with Gasteiger partial charge in [0, 0.05) is 6.92 Å². The van der Waals surface area contributed by atoms with Crippen molar-refractivity contribution in [3.63, 3.8) is 0 Å². The standard InChI is InChI=1S/C11H12N4O3/c1-5-17-10(16)11(3,8(6-12)13-4)9-15-14-7(2)18-9/h8H,5H2,1-3H3. The van der Waals surface area contributed by atoms with Crippen molar-refractivity contribution in [1.29, 1.82) is 5.26 Å². The van der Waals surface area contributed by atoms with Gasteiger partial charge in [-0.15, -0.1) is 10.2 Å². The first-order valence-electron chi connectivity index (χ1n) is 5.24. The van der Waals surface area contributed by atoms with Gasteiger partial charge in [0.1, 0.15) is 0 Å². The number of aromatic nitrogens is 2. The van der Waals surface area contributed by atoms with Crippen molar-refractivity contribution in [1.82, 2.24) is 10.2 Å². The van der Waals surface area contributed by atoms with Gasteiger partial charge in [-0.05, 0) is 13.8 Å². The van der Waals surface area contributed by atoms with E-state index in [0.717, 1.165) is 0 Å². The first-order chi connectivity index (χ1) is 8.50. The molecule has 94 valence electrons. The summed E-state index contributed by atoms with van der Waals surface area (Å²) >= 11 is 0. The van der Waals surface area contributed by atoms with E-state index in [4.69, 9.17) is 21.0 Å². The van der Waals surface area contributed by atoms with Crippen LogP contribution in [0.3, 0.4) is 0 Å². The molecular formula is C11H12N4O3. The number of carbonyl (C=O) groups is 1. The highest BCUT2D eigenvalue weighted by Gasteiger charge is 2.54. The minimum absolute atomic E-state index is 0.0824. The Kier molecular flexibility index (Phi) is 4.01. The first-order valence-corrected chi connectivity index (χ1v) is 5.24. The lowest BCUT2D eigenvalue weighted by molar-refractivity contribution is -0.150. The Morgan fingerprint density at radius 3 is 2.78 bits per heavy atom. The van der Waals surface area contributed by atoms with E-state index in [1.165, 1.54) is 6.92 Å². The van der Waals surface area contributed by atoms with Gasteiger partial charge >= 0.3 is 12.0 Å². The van der Waals surface area contributed by atoms with Gasteiger partial charge in [0.25, 0.3) is 0 Å². The van der Waals surface area contributed by atoms with Crippen molar-refractivity contribution in [2.24, 2.45) is 0 Å². The molecule has 0 aliphatic rings. The zero-order valence-corrected chi connectivity index (χ0v) is 10.3. The smallest absolute Gasteiger partial charge is 0.331 e. The van der Waals surface area contributed by atoms with Crippen LogP contribution in [0.15, 0.2) is 4.42 Å². The average Bonchev–Trinajstić information content (AvgIpc) is 2.77. The summed E-state index contributed by atoms with van der Waals surface area (Å²) < 4.78 is 10.1. The van der Waals surface area contributed by atoms with Crippen LogP contribution in [-0.4, -0.2) is 28.8 Å². The number of esters is 1. The predicted octanol–water partition coefficient (Wildman–Crippen LogP) is 1.01. The molecule has 7 heteroatoms. The molecule has 0 aliphatic heterocycles. The summed E-state index contributed by atoms with van der Waals surface area (Å²) in [6.45, 7) is 11.7. The largest absolute Gasteiger partial charge is 0.465 e. The molecule has 0 bridgehead atoms. The van der Waals surface area contributed by atoms with Crippen LogP contribution in [0.1, 0.15) is 25.6 Å². The third-order valence-corrected chi connectivity index (χ3v) is 2.47. The van der Waals surface area contributed by atoms with Crippen LogP contribution < -0.4 is 0 Å². The second-order valence-electron chi connectivity index (χ2n) is 3.71. The van der Waals surface area contributed by atoms with E-state index in [1.54, 1.807) is 19.9 Å². The van der Waals surface area contributed by atoms with Crippen LogP contribution in [0.25, 0.3) is 4.85 Å². The van der Waals surface area contributed by atoms with E-state index in [-0.39, 0.29) is 18.4 Å². The Bertz CT molecular complexity index is 511. The molecule has 0 aromatic carbocycles. The molecule has 18 heavy (non-hydrogen) atoms. The zero-order valence-electron chi connectivity index (χ0n) is 10.3. The molecule has 1 heterocycles. The minimum Gasteiger partial charge on any atom is -0.465 e. The van der Waals surface area contributed by atoms with Crippen molar-refractivity contribution < 1.29 is 13.9 Å². The molecular weight excluding hydrogens is 236 g/mol. The van der Waals surface area contributed by atoms with Gasteiger partial charge in [0.15, 0.2) is 6.07 Å². The summed E-state index contributed by atoms with van der Waals surface area (Å²) in [7, 11) is 0. The Morgan fingerprint density at radius 2 is 2.39 bits per heavy atom. The van der Waals surface area contributed by atoms with E-state index in [1.807, 2.05) is 0 Å². The Labute approximate surface area is 104 Å². The lowest BCUT2D eigenvalue weighted by Gasteiger charge is -2.20. The number of nitrogens with zero attached hydrogens (tertiary/aromatic N) is 4. The molecule has 0 saturated carbocycles. The molecule has 2 atom stereocenters. The maximum absolute atomic E-state index is 12.0. The lowest BCUT2D eigenvalue weighted by atomic mass is 9.83. The molecule has 1 aromatic rings. The quantitative estimate of drug-likeness (QED) is 0.583. The topological polar surface area (TPSA) is 93.4 Å². The number of hydrogen-bond donors (Lipinski definition) is 0. The zero-order chi connectivity index (χ0) is 13.8. The number of nitriles is 1. The normalized spacial score (nSPS) is 14.9. The molecule has 0 aliphatic carbocycles. The molecule has 0 amide bonds. The average molecular weight is 248 g/mol. The number of rotatable bonds is 4. The molecule has 2 unspecified atom stereocenters. The summed E-state index contributed by atoms with van der Waals surface area (Å²) in [6.07, 6.45) is 0. The highest BCUT2D eigenvalue weighted by Crippen LogP contribution is 2.30. The molecule has 0 radical (unpaired) electrons. The van der Waals surface area contributed by atoms with Crippen molar-refractivity contribution >= 4 is 5.97 Å². The molecule has 0 saturated heterocycles. The van der Waals surface area contributed by atoms with Gasteiger partial charge in [-0.1, -0.05) is 0 Å². The lowest BCUT2D eigenvalue weighted by Crippen LogP contribution is -2.43. The minimum atomic E-state index is -1.58. The van der Waals surface area contributed by atoms with Crippen LogP contribution >= 0.6 is 0 Å². The fourth-order valence-corrected chi connectivity index (χ4v) is 1.39. The summed E-state index contributed by atoms with van der Waals surface area (Å²) in [4.78, 5) is 15.1. The van der Waals surface area contributed by atoms with Crippen molar-refractivity contribution in [3.05, 3.63) is 23.2 Å². The van der Waals surface area contributed by atoms with Crippen molar-refractivity contribution in [2.45, 2.75) is 32.2 Å². The number of ether oxygens (including phenoxy) is 1. The number of carbonyl (C=O) groups excluding carboxylic acids is 1. The third-order valence-electron chi connectivity index (χ3n) is 2.47.